The molecule has 1 atom stereocenters. The van der Waals surface area contributed by atoms with Gasteiger partial charge in [-0.05, 0) is 29.8 Å². The van der Waals surface area contributed by atoms with Crippen LogP contribution in [0, 0.1) is 0 Å². The molecule has 1 aromatic heterocycles. The molecule has 0 N–H and O–H groups in total. The number of carbonyl (C=O) groups excluding carboxylic acids is 1. The van der Waals surface area contributed by atoms with E-state index in [0.29, 0.717) is 31.0 Å². The smallest absolute Gasteiger partial charge is 0.227 e. The minimum atomic E-state index is 0.0248. The Labute approximate surface area is 147 Å². The van der Waals surface area contributed by atoms with Crippen LogP contribution in [-0.2, 0) is 11.2 Å². The van der Waals surface area contributed by atoms with Gasteiger partial charge in [-0.15, -0.1) is 0 Å². The summed E-state index contributed by atoms with van der Waals surface area (Å²) < 4.78 is 16.4. The number of rotatable bonds is 6. The lowest BCUT2D eigenvalue weighted by atomic mass is 10.1. The zero-order chi connectivity index (χ0) is 17.6. The first kappa shape index (κ1) is 17.1. The minimum Gasteiger partial charge on any atom is -0.493 e. The molecule has 0 aliphatic carbocycles. The van der Waals surface area contributed by atoms with E-state index in [1.165, 1.54) is 0 Å². The molecule has 1 aliphatic heterocycles. The van der Waals surface area contributed by atoms with Crippen LogP contribution in [0.4, 0.5) is 0 Å². The van der Waals surface area contributed by atoms with Crippen LogP contribution < -0.4 is 14.2 Å². The molecular formula is C19H22N2O4. The van der Waals surface area contributed by atoms with Gasteiger partial charge in [0.15, 0.2) is 11.5 Å². The van der Waals surface area contributed by atoms with Crippen molar-refractivity contribution in [1.29, 1.82) is 0 Å². The van der Waals surface area contributed by atoms with Gasteiger partial charge in [0, 0.05) is 25.4 Å². The monoisotopic (exact) mass is 342 g/mol. The minimum absolute atomic E-state index is 0.0248. The molecule has 1 amide bonds. The number of amides is 1. The van der Waals surface area contributed by atoms with Gasteiger partial charge < -0.3 is 19.1 Å². The maximum Gasteiger partial charge on any atom is 0.227 e. The molecular weight excluding hydrogens is 320 g/mol. The molecule has 0 unspecified atom stereocenters. The number of aromatic nitrogens is 1. The molecule has 0 spiro atoms. The Kier molecular flexibility index (Phi) is 5.38. The fourth-order valence-electron chi connectivity index (χ4n) is 2.94. The summed E-state index contributed by atoms with van der Waals surface area (Å²) in [5, 5.41) is 0. The lowest BCUT2D eigenvalue weighted by Crippen LogP contribution is -2.32. The number of nitrogens with zero attached hydrogens (tertiary/aromatic N) is 2. The lowest BCUT2D eigenvalue weighted by Gasteiger charge is -2.18. The summed E-state index contributed by atoms with van der Waals surface area (Å²) in [7, 11) is 3.18. The molecule has 1 fully saturated rings. The summed E-state index contributed by atoms with van der Waals surface area (Å²) in [6.07, 6.45) is 4.59. The fraction of sp³-hybridized carbons (Fsp3) is 0.368. The van der Waals surface area contributed by atoms with Crippen molar-refractivity contribution >= 4 is 5.91 Å². The van der Waals surface area contributed by atoms with Crippen LogP contribution in [0.15, 0.2) is 42.7 Å². The van der Waals surface area contributed by atoms with E-state index in [1.807, 2.05) is 35.2 Å². The van der Waals surface area contributed by atoms with Gasteiger partial charge in [-0.25, -0.2) is 0 Å². The third-order valence-electron chi connectivity index (χ3n) is 4.25. The Hall–Kier alpha value is -2.76. The number of benzene rings is 1. The first-order valence-electron chi connectivity index (χ1n) is 8.25. The maximum atomic E-state index is 12.6. The van der Waals surface area contributed by atoms with E-state index in [-0.39, 0.29) is 12.0 Å². The summed E-state index contributed by atoms with van der Waals surface area (Å²) in [6, 6.07) is 9.21. The first-order chi connectivity index (χ1) is 12.2. The average molecular weight is 342 g/mol. The number of methoxy groups -OCH3 is 2. The van der Waals surface area contributed by atoms with E-state index in [0.717, 1.165) is 17.7 Å². The third-order valence-corrected chi connectivity index (χ3v) is 4.25. The van der Waals surface area contributed by atoms with Crippen LogP contribution in [0.5, 0.6) is 17.2 Å². The number of hydrogen-bond acceptors (Lipinski definition) is 5. The van der Waals surface area contributed by atoms with Crippen LogP contribution in [0.3, 0.4) is 0 Å². The van der Waals surface area contributed by atoms with Crippen molar-refractivity contribution in [2.45, 2.75) is 18.9 Å². The molecule has 2 aromatic rings. The van der Waals surface area contributed by atoms with Crippen LogP contribution in [0.1, 0.15) is 12.0 Å². The van der Waals surface area contributed by atoms with E-state index in [4.69, 9.17) is 14.2 Å². The number of pyridine rings is 1. The first-order valence-corrected chi connectivity index (χ1v) is 8.25. The van der Waals surface area contributed by atoms with Gasteiger partial charge >= 0.3 is 0 Å². The highest BCUT2D eigenvalue weighted by molar-refractivity contribution is 5.79. The van der Waals surface area contributed by atoms with Crippen molar-refractivity contribution < 1.29 is 19.0 Å². The standard InChI is InChI=1S/C19H22N2O4/c1-23-17-4-3-14(11-18(17)24-2)12-19(22)21-10-7-16(13-21)25-15-5-8-20-9-6-15/h3-6,8-9,11,16H,7,10,12-13H2,1-2H3/t16-/m1/s1. The Bertz CT molecular complexity index is 721. The summed E-state index contributed by atoms with van der Waals surface area (Å²) in [5.41, 5.74) is 0.904. The molecule has 3 rings (SSSR count). The van der Waals surface area contributed by atoms with Gasteiger partial charge in [-0.1, -0.05) is 6.07 Å². The normalized spacial score (nSPS) is 16.6. The highest BCUT2D eigenvalue weighted by Gasteiger charge is 2.27. The Morgan fingerprint density at radius 1 is 1.16 bits per heavy atom. The maximum absolute atomic E-state index is 12.6. The summed E-state index contributed by atoms with van der Waals surface area (Å²) in [4.78, 5) is 18.4. The quantitative estimate of drug-likeness (QED) is 0.806. The topological polar surface area (TPSA) is 60.9 Å². The van der Waals surface area contributed by atoms with E-state index >= 15 is 0 Å². The van der Waals surface area contributed by atoms with Crippen LogP contribution >= 0.6 is 0 Å². The molecule has 6 heteroatoms. The largest absolute Gasteiger partial charge is 0.493 e. The van der Waals surface area contributed by atoms with Crippen molar-refractivity contribution in [1.82, 2.24) is 9.88 Å². The van der Waals surface area contributed by atoms with E-state index in [1.54, 1.807) is 26.6 Å². The highest BCUT2D eigenvalue weighted by atomic mass is 16.5. The third kappa shape index (κ3) is 4.21. The second-order valence-corrected chi connectivity index (χ2v) is 5.92. The number of hydrogen-bond donors (Lipinski definition) is 0. The van der Waals surface area contributed by atoms with Crippen LogP contribution in [0.2, 0.25) is 0 Å². The molecule has 25 heavy (non-hydrogen) atoms. The lowest BCUT2D eigenvalue weighted by molar-refractivity contribution is -0.129. The van der Waals surface area contributed by atoms with Gasteiger partial charge in [-0.3, -0.25) is 9.78 Å². The predicted molar refractivity (Wildman–Crippen MR) is 93.1 cm³/mol. The second-order valence-electron chi connectivity index (χ2n) is 5.92. The molecule has 1 aliphatic rings. The number of carbonyl (C=O) groups is 1. The molecule has 0 bridgehead atoms. The van der Waals surface area contributed by atoms with Crippen molar-refractivity contribution in [2.24, 2.45) is 0 Å². The molecule has 2 heterocycles. The fourth-order valence-corrected chi connectivity index (χ4v) is 2.94. The SMILES string of the molecule is COc1ccc(CC(=O)N2CC[C@@H](Oc3ccncc3)C2)cc1OC. The van der Waals surface area contributed by atoms with Gasteiger partial charge in [0.05, 0.1) is 27.2 Å². The molecule has 132 valence electrons. The summed E-state index contributed by atoms with van der Waals surface area (Å²) >= 11 is 0. The molecule has 0 radical (unpaired) electrons. The van der Waals surface area contributed by atoms with Gasteiger partial charge in [-0.2, -0.15) is 0 Å². The molecule has 1 saturated heterocycles. The molecule has 1 aromatic carbocycles. The van der Waals surface area contributed by atoms with Crippen molar-refractivity contribution in [3.63, 3.8) is 0 Å². The number of ether oxygens (including phenoxy) is 3. The Morgan fingerprint density at radius 2 is 1.92 bits per heavy atom. The Balaban J connectivity index is 1.57. The molecule has 6 nitrogen and oxygen atoms in total. The van der Waals surface area contributed by atoms with Gasteiger partial charge in [0.25, 0.3) is 0 Å². The van der Waals surface area contributed by atoms with Gasteiger partial charge in [0.2, 0.25) is 5.91 Å². The van der Waals surface area contributed by atoms with Crippen molar-refractivity contribution in [3.05, 3.63) is 48.3 Å². The summed E-state index contributed by atoms with van der Waals surface area (Å²) in [5.74, 6) is 2.17. The van der Waals surface area contributed by atoms with Crippen LogP contribution in [0.25, 0.3) is 0 Å². The van der Waals surface area contributed by atoms with Crippen molar-refractivity contribution in [2.75, 3.05) is 27.3 Å². The van der Waals surface area contributed by atoms with E-state index in [9.17, 15) is 4.79 Å². The van der Waals surface area contributed by atoms with E-state index in [2.05, 4.69) is 4.98 Å². The average Bonchev–Trinajstić information content (AvgIpc) is 3.11. The molecule has 0 saturated carbocycles. The second kappa shape index (κ2) is 7.88. The highest BCUT2D eigenvalue weighted by Crippen LogP contribution is 2.28. The Morgan fingerprint density at radius 3 is 2.64 bits per heavy atom. The van der Waals surface area contributed by atoms with Crippen molar-refractivity contribution in [3.8, 4) is 17.2 Å². The van der Waals surface area contributed by atoms with Crippen LogP contribution in [-0.4, -0.2) is 49.2 Å². The zero-order valence-electron chi connectivity index (χ0n) is 14.5. The van der Waals surface area contributed by atoms with Gasteiger partial charge in [0.1, 0.15) is 11.9 Å². The zero-order valence-corrected chi connectivity index (χ0v) is 14.5. The van der Waals surface area contributed by atoms with E-state index < -0.39 is 0 Å². The summed E-state index contributed by atoms with van der Waals surface area (Å²) in [6.45, 7) is 1.32. The number of likely N-dealkylation sites (tertiary alicyclic amines) is 1. The predicted octanol–water partition coefficient (Wildman–Crippen LogP) is 2.32.